The Labute approximate surface area is 95.3 Å². The van der Waals surface area contributed by atoms with Gasteiger partial charge in [-0.25, -0.2) is 0 Å². The van der Waals surface area contributed by atoms with Crippen LogP contribution in [0.25, 0.3) is 0 Å². The molecule has 0 aliphatic carbocycles. The van der Waals surface area contributed by atoms with E-state index in [1.165, 1.54) is 18.2 Å². The van der Waals surface area contributed by atoms with Gasteiger partial charge in [-0.1, -0.05) is 0 Å². The van der Waals surface area contributed by atoms with E-state index in [1.54, 1.807) is 0 Å². The molecule has 0 aliphatic heterocycles. The number of benzene rings is 1. The number of alkyl halides is 3. The van der Waals surface area contributed by atoms with E-state index in [2.05, 4.69) is 4.74 Å². The summed E-state index contributed by atoms with van der Waals surface area (Å²) in [6.07, 6.45) is -4.39. The molecule has 7 heteroatoms. The zero-order valence-corrected chi connectivity index (χ0v) is 8.62. The van der Waals surface area contributed by atoms with E-state index in [0.717, 1.165) is 0 Å². The summed E-state index contributed by atoms with van der Waals surface area (Å²) in [4.78, 5) is 0. The predicted octanol–water partition coefficient (Wildman–Crippen LogP) is 2.06. The lowest BCUT2D eigenvalue weighted by atomic mass is 10.2. The summed E-state index contributed by atoms with van der Waals surface area (Å²) >= 11 is 0. The van der Waals surface area contributed by atoms with Gasteiger partial charge in [-0.05, 0) is 18.2 Å². The Hall–Kier alpha value is -1.94. The highest BCUT2D eigenvalue weighted by Crippen LogP contribution is 2.22. The van der Waals surface area contributed by atoms with Crippen LogP contribution in [-0.4, -0.2) is 19.6 Å². The number of nitrogens with zero attached hydrogens (tertiary/aromatic N) is 1. The zero-order chi connectivity index (χ0) is 12.9. The lowest BCUT2D eigenvalue weighted by Gasteiger charge is -2.10. The number of anilines is 1. The van der Waals surface area contributed by atoms with Crippen LogP contribution in [0.1, 0.15) is 5.56 Å². The number of halogens is 3. The SMILES string of the molecule is N#Cc1ccc(OCOCC(F)(F)F)c(N)c1. The molecule has 1 aromatic carbocycles. The lowest BCUT2D eigenvalue weighted by Crippen LogP contribution is -2.19. The highest BCUT2D eigenvalue weighted by atomic mass is 19.4. The van der Waals surface area contributed by atoms with Gasteiger partial charge in [0, 0.05) is 0 Å². The number of hydrogen-bond acceptors (Lipinski definition) is 4. The molecule has 0 spiro atoms. The molecule has 92 valence electrons. The maximum Gasteiger partial charge on any atom is 0.411 e. The van der Waals surface area contributed by atoms with Crippen molar-refractivity contribution >= 4 is 5.69 Å². The topological polar surface area (TPSA) is 68.3 Å². The van der Waals surface area contributed by atoms with E-state index >= 15 is 0 Å². The Morgan fingerprint density at radius 3 is 2.59 bits per heavy atom. The van der Waals surface area contributed by atoms with E-state index in [4.69, 9.17) is 15.7 Å². The molecule has 0 saturated carbocycles. The number of nitrogen functional groups attached to an aromatic ring is 1. The normalized spacial score (nSPS) is 10.9. The summed E-state index contributed by atoms with van der Waals surface area (Å²) < 4.78 is 44.3. The van der Waals surface area contributed by atoms with Crippen LogP contribution < -0.4 is 10.5 Å². The number of rotatable bonds is 4. The second kappa shape index (κ2) is 5.41. The molecule has 1 aromatic rings. The maximum atomic E-state index is 11.7. The highest BCUT2D eigenvalue weighted by molar-refractivity contribution is 5.56. The van der Waals surface area contributed by atoms with Gasteiger partial charge in [-0.15, -0.1) is 0 Å². The van der Waals surface area contributed by atoms with Crippen molar-refractivity contribution in [1.29, 1.82) is 5.26 Å². The number of hydrogen-bond donors (Lipinski definition) is 1. The van der Waals surface area contributed by atoms with Crippen molar-refractivity contribution in [3.63, 3.8) is 0 Å². The minimum atomic E-state index is -4.39. The molecule has 0 fully saturated rings. The molecule has 0 amide bonds. The van der Waals surface area contributed by atoms with Gasteiger partial charge in [0.15, 0.2) is 6.79 Å². The van der Waals surface area contributed by atoms with Gasteiger partial charge >= 0.3 is 6.18 Å². The third kappa shape index (κ3) is 4.61. The summed E-state index contributed by atoms with van der Waals surface area (Å²) in [5.74, 6) is 0.172. The van der Waals surface area contributed by atoms with E-state index in [0.29, 0.717) is 5.56 Å². The minimum Gasteiger partial charge on any atom is -0.465 e. The average Bonchev–Trinajstić information content (AvgIpc) is 2.24. The van der Waals surface area contributed by atoms with Crippen LogP contribution in [0.2, 0.25) is 0 Å². The van der Waals surface area contributed by atoms with Gasteiger partial charge < -0.3 is 15.2 Å². The van der Waals surface area contributed by atoms with Crippen molar-refractivity contribution < 1.29 is 22.6 Å². The summed E-state index contributed by atoms with van der Waals surface area (Å²) in [6, 6.07) is 6.06. The van der Waals surface area contributed by atoms with Crippen LogP contribution in [-0.2, 0) is 4.74 Å². The van der Waals surface area contributed by atoms with Crippen molar-refractivity contribution in [1.82, 2.24) is 0 Å². The standard InChI is InChI=1S/C10H9F3N2O2/c11-10(12,13)5-16-6-17-9-2-1-7(4-14)3-8(9)15/h1-3H,5-6,15H2. The van der Waals surface area contributed by atoms with Crippen LogP contribution in [0, 0.1) is 11.3 Å². The van der Waals surface area contributed by atoms with Crippen molar-refractivity contribution in [3.8, 4) is 11.8 Å². The van der Waals surface area contributed by atoms with E-state index in [1.807, 2.05) is 6.07 Å². The van der Waals surface area contributed by atoms with Gasteiger partial charge in [0.25, 0.3) is 0 Å². The zero-order valence-electron chi connectivity index (χ0n) is 8.62. The second-order valence-electron chi connectivity index (χ2n) is 3.09. The first-order chi connectivity index (χ1) is 7.92. The quantitative estimate of drug-likeness (QED) is 0.501. The first-order valence-electron chi connectivity index (χ1n) is 4.49. The molecule has 0 bridgehead atoms. The molecule has 17 heavy (non-hydrogen) atoms. The summed E-state index contributed by atoms with van der Waals surface area (Å²) in [5.41, 5.74) is 6.02. The van der Waals surface area contributed by atoms with Crippen LogP contribution in [0.5, 0.6) is 5.75 Å². The first-order valence-corrected chi connectivity index (χ1v) is 4.49. The Bertz CT molecular complexity index is 427. The lowest BCUT2D eigenvalue weighted by molar-refractivity contribution is -0.186. The summed E-state index contributed by atoms with van der Waals surface area (Å²) in [6.45, 7) is -1.95. The summed E-state index contributed by atoms with van der Waals surface area (Å²) in [5, 5.41) is 8.56. The molecule has 0 heterocycles. The molecule has 4 nitrogen and oxygen atoms in total. The maximum absolute atomic E-state index is 11.7. The van der Waals surface area contributed by atoms with Gasteiger partial charge in [0.2, 0.25) is 0 Å². The molecule has 0 radical (unpaired) electrons. The first kappa shape index (κ1) is 13.1. The molecule has 2 N–H and O–H groups in total. The molecule has 0 atom stereocenters. The highest BCUT2D eigenvalue weighted by Gasteiger charge is 2.27. The third-order valence-corrected chi connectivity index (χ3v) is 1.70. The van der Waals surface area contributed by atoms with Crippen LogP contribution in [0.15, 0.2) is 18.2 Å². The smallest absolute Gasteiger partial charge is 0.411 e. The van der Waals surface area contributed by atoms with Gasteiger partial charge in [0.05, 0.1) is 17.3 Å². The Morgan fingerprint density at radius 2 is 2.06 bits per heavy atom. The van der Waals surface area contributed by atoms with E-state index in [9.17, 15) is 13.2 Å². The minimum absolute atomic E-state index is 0.166. The van der Waals surface area contributed by atoms with E-state index in [-0.39, 0.29) is 11.4 Å². The largest absolute Gasteiger partial charge is 0.465 e. The monoisotopic (exact) mass is 246 g/mol. The fourth-order valence-corrected chi connectivity index (χ4v) is 1.01. The molecule has 0 saturated heterocycles. The molecule has 0 aliphatic rings. The van der Waals surface area contributed by atoms with Gasteiger partial charge in [-0.3, -0.25) is 0 Å². The van der Waals surface area contributed by atoms with Crippen LogP contribution in [0.3, 0.4) is 0 Å². The van der Waals surface area contributed by atoms with Crippen LogP contribution in [0.4, 0.5) is 18.9 Å². The average molecular weight is 246 g/mol. The number of nitrogens with two attached hydrogens (primary N) is 1. The van der Waals surface area contributed by atoms with Gasteiger partial charge in [0.1, 0.15) is 12.4 Å². The van der Waals surface area contributed by atoms with Crippen LogP contribution >= 0.6 is 0 Å². The van der Waals surface area contributed by atoms with Crippen molar-refractivity contribution in [2.45, 2.75) is 6.18 Å². The fraction of sp³-hybridized carbons (Fsp3) is 0.300. The van der Waals surface area contributed by atoms with Crippen molar-refractivity contribution in [2.75, 3.05) is 19.1 Å². The Kier molecular flexibility index (Phi) is 4.17. The summed E-state index contributed by atoms with van der Waals surface area (Å²) in [7, 11) is 0. The second-order valence-corrected chi connectivity index (χ2v) is 3.09. The molecule has 0 unspecified atom stereocenters. The van der Waals surface area contributed by atoms with Gasteiger partial charge in [-0.2, -0.15) is 18.4 Å². The molecule has 0 aromatic heterocycles. The van der Waals surface area contributed by atoms with E-state index < -0.39 is 19.6 Å². The third-order valence-electron chi connectivity index (χ3n) is 1.70. The number of nitriles is 1. The Balaban J connectivity index is 2.45. The Morgan fingerprint density at radius 1 is 1.35 bits per heavy atom. The fourth-order valence-electron chi connectivity index (χ4n) is 1.01. The molecular weight excluding hydrogens is 237 g/mol. The predicted molar refractivity (Wildman–Crippen MR) is 53.1 cm³/mol. The van der Waals surface area contributed by atoms with Crippen molar-refractivity contribution in [2.24, 2.45) is 0 Å². The van der Waals surface area contributed by atoms with Crippen molar-refractivity contribution in [3.05, 3.63) is 23.8 Å². The molecule has 1 rings (SSSR count). The molecular formula is C10H9F3N2O2. The number of ether oxygens (including phenoxy) is 2.